The van der Waals surface area contributed by atoms with Gasteiger partial charge in [0.1, 0.15) is 5.60 Å². The number of likely N-dealkylation sites (tertiary alicyclic amines) is 1. The molecule has 0 radical (unpaired) electrons. The van der Waals surface area contributed by atoms with Crippen LogP contribution in [0.2, 0.25) is 0 Å². The number of carbonyl (C=O) groups excluding carboxylic acids is 3. The van der Waals surface area contributed by atoms with Crippen molar-refractivity contribution in [3.8, 4) is 0 Å². The van der Waals surface area contributed by atoms with E-state index in [0.29, 0.717) is 49.7 Å². The van der Waals surface area contributed by atoms with Gasteiger partial charge in [-0.15, -0.1) is 0 Å². The zero-order chi connectivity index (χ0) is 33.5. The Morgan fingerprint density at radius 2 is 1.74 bits per heavy atom. The van der Waals surface area contributed by atoms with E-state index in [1.54, 1.807) is 23.9 Å². The second-order valence-corrected chi connectivity index (χ2v) is 13.7. The maximum atomic E-state index is 13.6. The smallest absolute Gasteiger partial charge is 0.322 e. The molecule has 0 bridgehead atoms. The molecular weight excluding hydrogens is 596 g/mol. The van der Waals surface area contributed by atoms with Gasteiger partial charge >= 0.3 is 6.03 Å². The second-order valence-electron chi connectivity index (χ2n) is 13.7. The minimum atomic E-state index is -0.244. The van der Waals surface area contributed by atoms with Crippen LogP contribution in [0.4, 0.5) is 16.2 Å². The molecule has 2 aromatic carbocycles. The molecule has 1 spiro atoms. The maximum Gasteiger partial charge on any atom is 0.322 e. The quantitative estimate of drug-likeness (QED) is 0.403. The fourth-order valence-electron chi connectivity index (χ4n) is 6.87. The lowest BCUT2D eigenvalue weighted by atomic mass is 9.92. The molecule has 3 aliphatic rings. The van der Waals surface area contributed by atoms with Gasteiger partial charge in [0, 0.05) is 87.0 Å². The second kappa shape index (κ2) is 13.0. The number of urea groups is 1. The maximum absolute atomic E-state index is 13.6. The number of hydrogen-bond donors (Lipinski definition) is 2. The largest absolute Gasteiger partial charge is 0.369 e. The Morgan fingerprint density at radius 3 is 2.38 bits per heavy atom. The third-order valence-electron chi connectivity index (χ3n) is 9.29. The summed E-state index contributed by atoms with van der Waals surface area (Å²) in [5, 5.41) is 10.8. The number of aromatic nitrogens is 2. The van der Waals surface area contributed by atoms with Crippen LogP contribution in [0.5, 0.6) is 0 Å². The van der Waals surface area contributed by atoms with Crippen molar-refractivity contribution in [3.05, 3.63) is 76.6 Å². The first-order chi connectivity index (χ1) is 22.4. The number of likely N-dealkylation sites (N-methyl/N-ethyl adjacent to an activating group) is 1. The Labute approximate surface area is 276 Å². The first kappa shape index (κ1) is 32.5. The van der Waals surface area contributed by atoms with E-state index in [1.165, 1.54) is 0 Å². The molecule has 1 atom stereocenters. The molecule has 1 aromatic heterocycles. The molecule has 4 amide bonds. The van der Waals surface area contributed by atoms with Gasteiger partial charge in [-0.1, -0.05) is 19.1 Å². The topological polar surface area (TPSA) is 115 Å². The van der Waals surface area contributed by atoms with E-state index in [9.17, 15) is 14.4 Å². The lowest BCUT2D eigenvalue weighted by Gasteiger charge is -2.53. The van der Waals surface area contributed by atoms with Crippen molar-refractivity contribution in [2.45, 2.75) is 51.4 Å². The van der Waals surface area contributed by atoms with E-state index in [4.69, 9.17) is 9.84 Å². The highest BCUT2D eigenvalue weighted by molar-refractivity contribution is 5.95. The van der Waals surface area contributed by atoms with Crippen LogP contribution in [-0.2, 0) is 17.8 Å². The van der Waals surface area contributed by atoms with Crippen molar-refractivity contribution in [1.82, 2.24) is 29.8 Å². The molecule has 6 rings (SSSR count). The Hall–Kier alpha value is -4.42. The molecule has 4 heterocycles. The highest BCUT2D eigenvalue weighted by atomic mass is 16.5. The van der Waals surface area contributed by atoms with Crippen LogP contribution in [0.25, 0.3) is 0 Å². The van der Waals surface area contributed by atoms with E-state index >= 15 is 0 Å². The molecule has 3 aliphatic heterocycles. The Morgan fingerprint density at radius 1 is 1.04 bits per heavy atom. The zero-order valence-electron chi connectivity index (χ0n) is 28.2. The Balaban J connectivity index is 1.09. The van der Waals surface area contributed by atoms with Crippen LogP contribution in [0, 0.1) is 0 Å². The van der Waals surface area contributed by atoms with Crippen molar-refractivity contribution >= 4 is 29.2 Å². The molecule has 2 saturated heterocycles. The monoisotopic (exact) mass is 642 g/mol. The number of ether oxygens (including phenoxy) is 1. The lowest BCUT2D eigenvalue weighted by molar-refractivity contribution is -0.165. The summed E-state index contributed by atoms with van der Waals surface area (Å²) in [5.41, 5.74) is 5.47. The fourth-order valence-corrected chi connectivity index (χ4v) is 6.87. The number of anilines is 2. The van der Waals surface area contributed by atoms with Crippen molar-refractivity contribution in [2.24, 2.45) is 0 Å². The minimum absolute atomic E-state index is 0.0367. The van der Waals surface area contributed by atoms with Crippen LogP contribution in [0.3, 0.4) is 0 Å². The fraction of sp³-hybridized carbons (Fsp3) is 0.486. The van der Waals surface area contributed by atoms with E-state index < -0.39 is 0 Å². The van der Waals surface area contributed by atoms with Crippen LogP contribution < -0.4 is 15.5 Å². The molecule has 2 N–H and O–H groups in total. The molecule has 0 unspecified atom stereocenters. The number of nitrogens with one attached hydrogen (secondary N) is 2. The van der Waals surface area contributed by atoms with Gasteiger partial charge in [0.05, 0.1) is 19.7 Å². The third-order valence-corrected chi connectivity index (χ3v) is 9.29. The summed E-state index contributed by atoms with van der Waals surface area (Å²) in [6.07, 6.45) is 0. The van der Waals surface area contributed by atoms with Gasteiger partial charge in [-0.05, 0) is 62.9 Å². The zero-order valence-corrected chi connectivity index (χ0v) is 28.2. The number of nitrogens with zero attached hydrogens (tertiary/aromatic N) is 6. The van der Waals surface area contributed by atoms with Gasteiger partial charge in [-0.25, -0.2) is 4.79 Å². The highest BCUT2D eigenvalue weighted by Gasteiger charge is 2.48. The molecule has 2 fully saturated rings. The summed E-state index contributed by atoms with van der Waals surface area (Å²) in [6, 6.07) is 15.1. The Kier molecular flexibility index (Phi) is 8.99. The Bertz CT molecular complexity index is 1630. The average molecular weight is 643 g/mol. The molecule has 47 heavy (non-hydrogen) atoms. The number of fused-ring (bicyclic) bond motifs is 1. The van der Waals surface area contributed by atoms with Gasteiger partial charge in [0.2, 0.25) is 0 Å². The first-order valence-electron chi connectivity index (χ1n) is 16.4. The number of benzene rings is 2. The van der Waals surface area contributed by atoms with Gasteiger partial charge in [-0.3, -0.25) is 14.3 Å². The summed E-state index contributed by atoms with van der Waals surface area (Å²) in [5.74, 6) is -0.106. The number of hydrogen-bond acceptors (Lipinski definition) is 7. The van der Waals surface area contributed by atoms with Gasteiger partial charge in [0.15, 0.2) is 5.69 Å². The predicted molar refractivity (Wildman–Crippen MR) is 181 cm³/mol. The van der Waals surface area contributed by atoms with Crippen LogP contribution in [-0.4, -0.2) is 108 Å². The predicted octanol–water partition coefficient (Wildman–Crippen LogP) is 3.77. The molecule has 12 nitrogen and oxygen atoms in total. The molecule has 0 aliphatic carbocycles. The highest BCUT2D eigenvalue weighted by Crippen LogP contribution is 2.35. The number of carbonyl (C=O) groups is 3. The summed E-state index contributed by atoms with van der Waals surface area (Å²) < 4.78 is 7.96. The number of rotatable bonds is 7. The van der Waals surface area contributed by atoms with Crippen LogP contribution in [0.1, 0.15) is 70.4 Å². The number of amides is 4. The van der Waals surface area contributed by atoms with Crippen molar-refractivity contribution in [2.75, 3.05) is 70.7 Å². The molecular formula is C35H46N8O4. The van der Waals surface area contributed by atoms with Crippen molar-refractivity contribution < 1.29 is 19.1 Å². The van der Waals surface area contributed by atoms with Crippen molar-refractivity contribution in [3.63, 3.8) is 0 Å². The average Bonchev–Trinajstić information content (AvgIpc) is 3.43. The molecule has 3 aromatic rings. The lowest BCUT2D eigenvalue weighted by Crippen LogP contribution is -2.71. The summed E-state index contributed by atoms with van der Waals surface area (Å²) in [7, 11) is 5.57. The SMILES string of the molecule is CC(C)n1nc(C(=O)NCc2ccc(NC(=O)N3CC4(CN(C)CCO4)C3)cc2)c2c1[C@@H](C)CN(c1ccc(C(=O)N(C)C)cc1)C2. The van der Waals surface area contributed by atoms with E-state index in [-0.39, 0.29) is 35.4 Å². The van der Waals surface area contributed by atoms with Gasteiger partial charge < -0.3 is 35.0 Å². The summed E-state index contributed by atoms with van der Waals surface area (Å²) >= 11 is 0. The van der Waals surface area contributed by atoms with Crippen molar-refractivity contribution in [1.29, 1.82) is 0 Å². The van der Waals surface area contributed by atoms with Gasteiger partial charge in [-0.2, -0.15) is 5.10 Å². The first-order valence-corrected chi connectivity index (χ1v) is 16.4. The van der Waals surface area contributed by atoms with Crippen LogP contribution >= 0.6 is 0 Å². The molecule has 12 heteroatoms. The van der Waals surface area contributed by atoms with E-state index in [1.807, 2.05) is 53.2 Å². The van der Waals surface area contributed by atoms with E-state index in [0.717, 1.165) is 42.1 Å². The summed E-state index contributed by atoms with van der Waals surface area (Å²) in [4.78, 5) is 46.6. The molecule has 0 saturated carbocycles. The normalized spacial score (nSPS) is 18.9. The van der Waals surface area contributed by atoms with Crippen LogP contribution in [0.15, 0.2) is 48.5 Å². The standard InChI is InChI=1S/C35H46N8O4/c1-23(2)43-31-24(3)18-41(28-13-9-26(10-14-28)33(45)39(4)5)19-29(31)30(38-43)32(44)36-17-25-7-11-27(12-8-25)37-34(46)42-21-35(22-42)20-40(6)15-16-47-35/h7-14,23-24H,15-22H2,1-6H3,(H,36,44)(H,37,46)/t24-/m0/s1. The minimum Gasteiger partial charge on any atom is -0.369 e. The number of morpholine rings is 1. The summed E-state index contributed by atoms with van der Waals surface area (Å²) in [6.45, 7) is 11.6. The van der Waals surface area contributed by atoms with Gasteiger partial charge in [0.25, 0.3) is 11.8 Å². The molecule has 250 valence electrons. The third kappa shape index (κ3) is 6.70. The van der Waals surface area contributed by atoms with E-state index in [2.05, 4.69) is 48.3 Å².